The highest BCUT2D eigenvalue weighted by molar-refractivity contribution is 5.97. The van der Waals surface area contributed by atoms with Crippen molar-refractivity contribution in [2.75, 3.05) is 17.7 Å². The van der Waals surface area contributed by atoms with Gasteiger partial charge in [-0.3, -0.25) is 9.48 Å². The summed E-state index contributed by atoms with van der Waals surface area (Å²) in [6.45, 7) is 0. The van der Waals surface area contributed by atoms with Crippen LogP contribution in [0.25, 0.3) is 10.9 Å². The van der Waals surface area contributed by atoms with Gasteiger partial charge in [0.15, 0.2) is 11.6 Å². The molecular weight excluding hydrogens is 354 g/mol. The molecule has 5 rings (SSSR count). The van der Waals surface area contributed by atoms with Gasteiger partial charge < -0.3 is 10.6 Å². The van der Waals surface area contributed by atoms with Crippen molar-refractivity contribution in [1.82, 2.24) is 25.0 Å². The Morgan fingerprint density at radius 1 is 1.18 bits per heavy atom. The molecule has 0 unspecified atom stereocenters. The maximum atomic E-state index is 12.1. The summed E-state index contributed by atoms with van der Waals surface area (Å²) >= 11 is 0. The summed E-state index contributed by atoms with van der Waals surface area (Å²) in [5, 5.41) is 19.4. The molecule has 28 heavy (non-hydrogen) atoms. The maximum Gasteiger partial charge on any atom is 0.228 e. The molecule has 0 atom stereocenters. The number of anilines is 2. The first-order valence-electron chi connectivity index (χ1n) is 9.42. The molecule has 2 aliphatic carbocycles. The Bertz CT molecular complexity index is 1130. The van der Waals surface area contributed by atoms with Gasteiger partial charge in [-0.15, -0.1) is 10.2 Å². The minimum absolute atomic E-state index is 0.00308. The molecule has 0 radical (unpaired) electrons. The summed E-state index contributed by atoms with van der Waals surface area (Å²) in [7, 11) is 1.78. The maximum absolute atomic E-state index is 12.1. The van der Waals surface area contributed by atoms with Gasteiger partial charge in [0.05, 0.1) is 23.4 Å². The monoisotopic (exact) mass is 373 g/mol. The number of rotatable bonds is 4. The molecular formula is C20H19N7O. The average Bonchev–Trinajstić information content (AvgIpc) is 3.64. The van der Waals surface area contributed by atoms with E-state index in [-0.39, 0.29) is 11.8 Å². The zero-order chi connectivity index (χ0) is 19.1. The first-order chi connectivity index (χ1) is 13.7. The smallest absolute Gasteiger partial charge is 0.228 e. The van der Waals surface area contributed by atoms with Gasteiger partial charge in [0.2, 0.25) is 5.91 Å². The molecule has 0 aliphatic heterocycles. The van der Waals surface area contributed by atoms with Crippen molar-refractivity contribution in [2.24, 2.45) is 5.92 Å². The zero-order valence-corrected chi connectivity index (χ0v) is 15.4. The number of aromatic nitrogens is 5. The van der Waals surface area contributed by atoms with Crippen molar-refractivity contribution in [3.8, 4) is 11.8 Å². The number of carbonyl (C=O) groups excluding carboxylic acids is 1. The normalized spacial score (nSPS) is 15.8. The van der Waals surface area contributed by atoms with Gasteiger partial charge in [-0.25, -0.2) is 4.98 Å². The summed E-state index contributed by atoms with van der Waals surface area (Å²) < 4.78 is 1.97. The molecule has 0 spiro atoms. The summed E-state index contributed by atoms with van der Waals surface area (Å²) in [6.07, 6.45) is 9.71. The molecule has 3 aromatic rings. The topological polar surface area (TPSA) is 97.6 Å². The number of hydrogen-bond donors (Lipinski definition) is 2. The van der Waals surface area contributed by atoms with E-state index in [2.05, 4.69) is 42.8 Å². The van der Waals surface area contributed by atoms with Crippen LogP contribution in [-0.2, 0) is 4.79 Å². The van der Waals surface area contributed by atoms with Crippen LogP contribution in [0.1, 0.15) is 42.9 Å². The van der Waals surface area contributed by atoms with Crippen molar-refractivity contribution >= 4 is 28.4 Å². The highest BCUT2D eigenvalue weighted by Crippen LogP contribution is 2.34. The van der Waals surface area contributed by atoms with Gasteiger partial charge in [-0.1, -0.05) is 11.8 Å². The third-order valence-electron chi connectivity index (χ3n) is 4.93. The average molecular weight is 373 g/mol. The molecule has 2 aliphatic rings. The molecule has 3 aromatic heterocycles. The second-order valence-electron chi connectivity index (χ2n) is 7.22. The summed E-state index contributed by atoms with van der Waals surface area (Å²) in [4.78, 5) is 16.4. The predicted octanol–water partition coefficient (Wildman–Crippen LogP) is 2.35. The number of carbonyl (C=O) groups is 1. The van der Waals surface area contributed by atoms with Crippen LogP contribution in [0.4, 0.5) is 11.6 Å². The molecule has 8 heteroatoms. The SMILES string of the molecule is CNc1ncc(C#Cc2cnn(C3CC3)c2)c2cc(NC(=O)C3CC3)nnc12. The van der Waals surface area contributed by atoms with Gasteiger partial charge in [0.25, 0.3) is 0 Å². The Labute approximate surface area is 161 Å². The van der Waals surface area contributed by atoms with Crippen LogP contribution in [-0.4, -0.2) is 37.9 Å². The quantitative estimate of drug-likeness (QED) is 0.682. The van der Waals surface area contributed by atoms with E-state index >= 15 is 0 Å². The van der Waals surface area contributed by atoms with E-state index in [0.29, 0.717) is 23.2 Å². The molecule has 0 saturated heterocycles. The second kappa shape index (κ2) is 6.60. The first-order valence-corrected chi connectivity index (χ1v) is 9.42. The number of hydrogen-bond acceptors (Lipinski definition) is 6. The molecule has 1 amide bonds. The second-order valence-corrected chi connectivity index (χ2v) is 7.22. The molecule has 0 bridgehead atoms. The third-order valence-corrected chi connectivity index (χ3v) is 4.93. The van der Waals surface area contributed by atoms with Crippen LogP contribution in [0.3, 0.4) is 0 Å². The lowest BCUT2D eigenvalue weighted by Crippen LogP contribution is -2.15. The van der Waals surface area contributed by atoms with Crippen molar-refractivity contribution in [2.45, 2.75) is 31.7 Å². The largest absolute Gasteiger partial charge is 0.371 e. The molecule has 2 N–H and O–H groups in total. The van der Waals surface area contributed by atoms with E-state index in [1.807, 2.05) is 16.9 Å². The van der Waals surface area contributed by atoms with E-state index < -0.39 is 0 Å². The number of pyridine rings is 1. The number of nitrogens with one attached hydrogen (secondary N) is 2. The van der Waals surface area contributed by atoms with E-state index in [9.17, 15) is 4.79 Å². The fourth-order valence-electron chi connectivity index (χ4n) is 3.03. The molecule has 0 aromatic carbocycles. The Kier molecular flexibility index (Phi) is 3.93. The highest BCUT2D eigenvalue weighted by Gasteiger charge is 2.30. The van der Waals surface area contributed by atoms with E-state index in [1.54, 1.807) is 19.4 Å². The predicted molar refractivity (Wildman–Crippen MR) is 105 cm³/mol. The number of nitrogens with zero attached hydrogens (tertiary/aromatic N) is 5. The lowest BCUT2D eigenvalue weighted by molar-refractivity contribution is -0.117. The highest BCUT2D eigenvalue weighted by atomic mass is 16.2. The fraction of sp³-hybridized carbons (Fsp3) is 0.350. The fourth-order valence-corrected chi connectivity index (χ4v) is 3.03. The zero-order valence-electron chi connectivity index (χ0n) is 15.4. The minimum atomic E-state index is -0.00308. The van der Waals surface area contributed by atoms with E-state index in [4.69, 9.17) is 0 Å². The van der Waals surface area contributed by atoms with Gasteiger partial charge >= 0.3 is 0 Å². The van der Waals surface area contributed by atoms with Gasteiger partial charge in [-0.05, 0) is 31.7 Å². The van der Waals surface area contributed by atoms with Crippen molar-refractivity contribution in [1.29, 1.82) is 0 Å². The third kappa shape index (κ3) is 3.27. The van der Waals surface area contributed by atoms with Gasteiger partial charge in [0, 0.05) is 30.7 Å². The lowest BCUT2D eigenvalue weighted by Gasteiger charge is -2.08. The van der Waals surface area contributed by atoms with Crippen molar-refractivity contribution in [3.63, 3.8) is 0 Å². The molecule has 140 valence electrons. The van der Waals surface area contributed by atoms with Crippen LogP contribution in [0.2, 0.25) is 0 Å². The van der Waals surface area contributed by atoms with E-state index in [1.165, 1.54) is 12.8 Å². The van der Waals surface area contributed by atoms with Gasteiger partial charge in [-0.2, -0.15) is 5.10 Å². The number of amides is 1. The molecule has 2 fully saturated rings. The Morgan fingerprint density at radius 2 is 2.04 bits per heavy atom. The molecule has 2 saturated carbocycles. The van der Waals surface area contributed by atoms with Crippen molar-refractivity contribution in [3.05, 3.63) is 35.8 Å². The first kappa shape index (κ1) is 16.7. The van der Waals surface area contributed by atoms with E-state index in [0.717, 1.165) is 29.4 Å². The Balaban J connectivity index is 1.51. The standard InChI is InChI=1S/C20H19N7O/c1-21-19-18-16(8-17(25-26-18)24-20(28)13-4-5-13)14(10-22-19)3-2-12-9-23-27(11-12)15-6-7-15/h8-11,13,15H,4-7H2,1H3,(H,21,22)(H,24,25,28). The van der Waals surface area contributed by atoms with Crippen LogP contribution >= 0.6 is 0 Å². The summed E-state index contributed by atoms with van der Waals surface area (Å²) in [6, 6.07) is 2.34. The molecule has 8 nitrogen and oxygen atoms in total. The number of fused-ring (bicyclic) bond motifs is 1. The molecule has 3 heterocycles. The minimum Gasteiger partial charge on any atom is -0.371 e. The van der Waals surface area contributed by atoms with Crippen LogP contribution in [0, 0.1) is 17.8 Å². The van der Waals surface area contributed by atoms with Gasteiger partial charge in [0.1, 0.15) is 5.52 Å². The van der Waals surface area contributed by atoms with Crippen LogP contribution < -0.4 is 10.6 Å². The Hall–Kier alpha value is -3.47. The lowest BCUT2D eigenvalue weighted by atomic mass is 10.1. The summed E-state index contributed by atoms with van der Waals surface area (Å²) in [5.74, 6) is 7.47. The Morgan fingerprint density at radius 3 is 2.79 bits per heavy atom. The van der Waals surface area contributed by atoms with Crippen molar-refractivity contribution < 1.29 is 4.79 Å². The summed E-state index contributed by atoms with van der Waals surface area (Å²) in [5.41, 5.74) is 2.21. The van der Waals surface area contributed by atoms with Crippen LogP contribution in [0.5, 0.6) is 0 Å². The van der Waals surface area contributed by atoms with Crippen LogP contribution in [0.15, 0.2) is 24.7 Å².